The van der Waals surface area contributed by atoms with Crippen molar-refractivity contribution in [1.82, 2.24) is 0 Å². The zero-order valence-electron chi connectivity index (χ0n) is 17.2. The van der Waals surface area contributed by atoms with Crippen LogP contribution >= 0.6 is 34.8 Å². The molecule has 0 unspecified atom stereocenters. The molecule has 4 rings (SSSR count). The summed E-state index contributed by atoms with van der Waals surface area (Å²) in [6.07, 6.45) is 3.77. The van der Waals surface area contributed by atoms with Gasteiger partial charge in [0.25, 0.3) is 0 Å². The van der Waals surface area contributed by atoms with E-state index in [9.17, 15) is 0 Å². The van der Waals surface area contributed by atoms with Gasteiger partial charge in [0, 0.05) is 40.9 Å². The molecule has 3 aromatic rings. The average Bonchev–Trinajstić information content (AvgIpc) is 2.78. The first kappa shape index (κ1) is 22.1. The van der Waals surface area contributed by atoms with Gasteiger partial charge in [-0.3, -0.25) is 0 Å². The Labute approximate surface area is 198 Å². The summed E-state index contributed by atoms with van der Waals surface area (Å²) in [7, 11) is 0. The second-order valence-corrected chi connectivity index (χ2v) is 8.93. The van der Waals surface area contributed by atoms with Crippen molar-refractivity contribution in [2.24, 2.45) is 0 Å². The number of nitrogens with zero attached hydrogens (tertiary/aromatic N) is 1. The Hall–Kier alpha value is -2.07. The van der Waals surface area contributed by atoms with Crippen LogP contribution in [0.3, 0.4) is 0 Å². The lowest BCUT2D eigenvalue weighted by atomic mass is 10.1. The van der Waals surface area contributed by atoms with Crippen LogP contribution in [-0.4, -0.2) is 13.1 Å². The first-order valence-corrected chi connectivity index (χ1v) is 11.7. The number of ether oxygens (including phenoxy) is 1. The maximum atomic E-state index is 6.57. The van der Waals surface area contributed by atoms with E-state index in [1.54, 1.807) is 0 Å². The highest BCUT2D eigenvalue weighted by Crippen LogP contribution is 2.31. The van der Waals surface area contributed by atoms with Crippen LogP contribution in [-0.2, 0) is 13.2 Å². The smallest absolute Gasteiger partial charge is 0.120 e. The van der Waals surface area contributed by atoms with Crippen LogP contribution in [0.25, 0.3) is 0 Å². The fourth-order valence-electron chi connectivity index (χ4n) is 3.78. The zero-order chi connectivity index (χ0) is 21.6. The van der Waals surface area contributed by atoms with Crippen molar-refractivity contribution in [2.45, 2.75) is 32.4 Å². The highest BCUT2D eigenvalue weighted by Gasteiger charge is 2.14. The van der Waals surface area contributed by atoms with E-state index in [-0.39, 0.29) is 0 Å². The molecule has 0 radical (unpaired) electrons. The van der Waals surface area contributed by atoms with Gasteiger partial charge < -0.3 is 15.0 Å². The fraction of sp³-hybridized carbons (Fsp3) is 0.280. The zero-order valence-corrected chi connectivity index (χ0v) is 19.5. The van der Waals surface area contributed by atoms with E-state index in [0.717, 1.165) is 46.4 Å². The molecule has 0 atom stereocenters. The van der Waals surface area contributed by atoms with Crippen molar-refractivity contribution >= 4 is 46.2 Å². The summed E-state index contributed by atoms with van der Waals surface area (Å²) in [6, 6.07) is 19.6. The van der Waals surface area contributed by atoms with Gasteiger partial charge in [-0.1, -0.05) is 53.0 Å². The van der Waals surface area contributed by atoms with E-state index in [2.05, 4.69) is 28.4 Å². The Balaban J connectivity index is 1.36. The molecule has 1 heterocycles. The Kier molecular flexibility index (Phi) is 7.49. The number of rotatable bonds is 7. The maximum Gasteiger partial charge on any atom is 0.120 e. The Morgan fingerprint density at radius 2 is 1.55 bits per heavy atom. The van der Waals surface area contributed by atoms with Gasteiger partial charge in [0.15, 0.2) is 0 Å². The van der Waals surface area contributed by atoms with Gasteiger partial charge in [-0.25, -0.2) is 0 Å². The van der Waals surface area contributed by atoms with Crippen molar-refractivity contribution in [1.29, 1.82) is 0 Å². The summed E-state index contributed by atoms with van der Waals surface area (Å²) in [4.78, 5) is 2.38. The minimum Gasteiger partial charge on any atom is -0.489 e. The quantitative estimate of drug-likeness (QED) is 0.377. The number of hydrogen-bond donors (Lipinski definition) is 1. The van der Waals surface area contributed by atoms with Gasteiger partial charge >= 0.3 is 0 Å². The van der Waals surface area contributed by atoms with E-state index in [4.69, 9.17) is 39.5 Å². The number of nitrogens with one attached hydrogen (secondary N) is 1. The molecule has 0 amide bonds. The standard InChI is InChI=1S/C25H25Cl3N2O/c26-22-8-5-9-23(27)21(22)17-31-20-7-4-6-18(14-20)16-29-19-10-11-25(24(28)15-19)30-12-2-1-3-13-30/h4-11,14-15,29H,1-3,12-13,16-17H2. The first-order valence-electron chi connectivity index (χ1n) is 10.5. The number of anilines is 2. The molecule has 162 valence electrons. The SMILES string of the molecule is Clc1cc(NCc2cccc(OCc3c(Cl)cccc3Cl)c2)ccc1N1CCCCC1. The third-order valence-electron chi connectivity index (χ3n) is 5.48. The number of halogens is 3. The highest BCUT2D eigenvalue weighted by atomic mass is 35.5. The van der Waals surface area contributed by atoms with E-state index in [1.807, 2.05) is 42.5 Å². The van der Waals surface area contributed by atoms with Crippen molar-refractivity contribution in [3.05, 3.63) is 86.9 Å². The fourth-order valence-corrected chi connectivity index (χ4v) is 4.59. The van der Waals surface area contributed by atoms with Crippen LogP contribution in [0.2, 0.25) is 15.1 Å². The monoisotopic (exact) mass is 474 g/mol. The summed E-state index contributed by atoms with van der Waals surface area (Å²) in [5.41, 5.74) is 4.03. The van der Waals surface area contributed by atoms with Gasteiger partial charge in [-0.2, -0.15) is 0 Å². The van der Waals surface area contributed by atoms with Crippen LogP contribution in [0.1, 0.15) is 30.4 Å². The summed E-state index contributed by atoms with van der Waals surface area (Å²) in [6.45, 7) is 3.16. The molecule has 0 bridgehead atoms. The van der Waals surface area contributed by atoms with E-state index in [1.165, 1.54) is 19.3 Å². The molecule has 0 spiro atoms. The third kappa shape index (κ3) is 5.79. The molecule has 1 saturated heterocycles. The van der Waals surface area contributed by atoms with Crippen LogP contribution in [0.4, 0.5) is 11.4 Å². The number of benzene rings is 3. The van der Waals surface area contributed by atoms with Crippen molar-refractivity contribution in [3.8, 4) is 5.75 Å². The average molecular weight is 476 g/mol. The van der Waals surface area contributed by atoms with Crippen LogP contribution in [0.5, 0.6) is 5.75 Å². The van der Waals surface area contributed by atoms with Gasteiger partial charge in [-0.15, -0.1) is 0 Å². The molecular formula is C25H25Cl3N2O. The number of hydrogen-bond acceptors (Lipinski definition) is 3. The van der Waals surface area contributed by atoms with Gasteiger partial charge in [0.2, 0.25) is 0 Å². The van der Waals surface area contributed by atoms with Crippen molar-refractivity contribution in [3.63, 3.8) is 0 Å². The molecule has 1 N–H and O–H groups in total. The molecule has 0 saturated carbocycles. The molecule has 31 heavy (non-hydrogen) atoms. The minimum atomic E-state index is 0.322. The van der Waals surface area contributed by atoms with E-state index < -0.39 is 0 Å². The maximum absolute atomic E-state index is 6.57. The predicted octanol–water partition coefficient (Wildman–Crippen LogP) is 7.83. The molecule has 1 fully saturated rings. The summed E-state index contributed by atoms with van der Waals surface area (Å²) < 4.78 is 5.93. The Bertz CT molecular complexity index is 1010. The minimum absolute atomic E-state index is 0.322. The topological polar surface area (TPSA) is 24.5 Å². The molecule has 3 nitrogen and oxygen atoms in total. The normalized spacial score (nSPS) is 13.8. The van der Waals surface area contributed by atoms with Crippen molar-refractivity contribution < 1.29 is 4.74 Å². The Morgan fingerprint density at radius 1 is 0.806 bits per heavy atom. The van der Waals surface area contributed by atoms with Crippen LogP contribution in [0.15, 0.2) is 60.7 Å². The number of piperidine rings is 1. The second-order valence-electron chi connectivity index (χ2n) is 7.70. The highest BCUT2D eigenvalue weighted by molar-refractivity contribution is 6.36. The lowest BCUT2D eigenvalue weighted by Crippen LogP contribution is -2.29. The Morgan fingerprint density at radius 3 is 2.29 bits per heavy atom. The van der Waals surface area contributed by atoms with E-state index >= 15 is 0 Å². The molecule has 0 aliphatic carbocycles. The molecule has 1 aliphatic heterocycles. The molecule has 1 aliphatic rings. The summed E-state index contributed by atoms with van der Waals surface area (Å²) in [5.74, 6) is 0.772. The third-order valence-corrected chi connectivity index (χ3v) is 6.50. The lowest BCUT2D eigenvalue weighted by Gasteiger charge is -2.29. The lowest BCUT2D eigenvalue weighted by molar-refractivity contribution is 0.306. The largest absolute Gasteiger partial charge is 0.489 e. The molecule has 6 heteroatoms. The molecular weight excluding hydrogens is 451 g/mol. The second kappa shape index (κ2) is 10.5. The molecule has 0 aromatic heterocycles. The summed E-state index contributed by atoms with van der Waals surface area (Å²) >= 11 is 19.0. The van der Waals surface area contributed by atoms with Crippen molar-refractivity contribution in [2.75, 3.05) is 23.3 Å². The predicted molar refractivity (Wildman–Crippen MR) is 132 cm³/mol. The summed E-state index contributed by atoms with van der Waals surface area (Å²) in [5, 5.41) is 5.46. The van der Waals surface area contributed by atoms with Gasteiger partial charge in [0.05, 0.1) is 10.7 Å². The van der Waals surface area contributed by atoms with Crippen LogP contribution in [0, 0.1) is 0 Å². The first-order chi connectivity index (χ1) is 15.1. The van der Waals surface area contributed by atoms with Gasteiger partial charge in [0.1, 0.15) is 12.4 Å². The van der Waals surface area contributed by atoms with Crippen LogP contribution < -0.4 is 15.0 Å². The molecule has 3 aromatic carbocycles. The van der Waals surface area contributed by atoms with E-state index in [0.29, 0.717) is 23.2 Å². The van der Waals surface area contributed by atoms with Gasteiger partial charge in [-0.05, 0) is 67.3 Å².